The van der Waals surface area contributed by atoms with Crippen LogP contribution in [0.15, 0.2) is 29.0 Å². The molecular formula is C18H24N2O3S. The van der Waals surface area contributed by atoms with Crippen LogP contribution in [0.5, 0.6) is 5.75 Å². The van der Waals surface area contributed by atoms with E-state index in [2.05, 4.69) is 16.0 Å². The molecule has 2 amide bonds. The molecule has 2 aromatic rings. The van der Waals surface area contributed by atoms with Crippen molar-refractivity contribution in [2.24, 2.45) is 5.92 Å². The third-order valence-electron chi connectivity index (χ3n) is 3.84. The Balaban J connectivity index is 1.88. The van der Waals surface area contributed by atoms with Crippen molar-refractivity contribution < 1.29 is 14.6 Å². The molecule has 0 saturated heterocycles. The van der Waals surface area contributed by atoms with E-state index in [0.29, 0.717) is 6.54 Å². The average Bonchev–Trinajstić information content (AvgIpc) is 3.04. The molecule has 1 atom stereocenters. The highest BCUT2D eigenvalue weighted by Gasteiger charge is 2.12. The van der Waals surface area contributed by atoms with Gasteiger partial charge in [-0.1, -0.05) is 0 Å². The number of anilines is 1. The van der Waals surface area contributed by atoms with Crippen molar-refractivity contribution in [3.63, 3.8) is 0 Å². The van der Waals surface area contributed by atoms with Crippen LogP contribution in [0, 0.1) is 19.8 Å². The van der Waals surface area contributed by atoms with E-state index in [4.69, 9.17) is 4.74 Å². The number of urea groups is 1. The number of aliphatic hydroxyl groups excluding tert-OH is 1. The normalized spacial score (nSPS) is 11.8. The van der Waals surface area contributed by atoms with Gasteiger partial charge in [0.25, 0.3) is 0 Å². The Bertz CT molecular complexity index is 648. The Kier molecular flexibility index (Phi) is 6.63. The molecule has 0 bridgehead atoms. The van der Waals surface area contributed by atoms with Gasteiger partial charge in [0.2, 0.25) is 0 Å². The average molecular weight is 348 g/mol. The van der Waals surface area contributed by atoms with E-state index in [0.717, 1.165) is 29.0 Å². The molecule has 24 heavy (non-hydrogen) atoms. The number of methoxy groups -OCH3 is 1. The van der Waals surface area contributed by atoms with Crippen LogP contribution < -0.4 is 15.4 Å². The van der Waals surface area contributed by atoms with Crippen LogP contribution in [0.25, 0.3) is 0 Å². The molecule has 1 aromatic carbocycles. The number of aliphatic hydroxyl groups is 1. The number of carbonyl (C=O) groups is 1. The van der Waals surface area contributed by atoms with E-state index < -0.39 is 0 Å². The fraction of sp³-hybridized carbons (Fsp3) is 0.389. The predicted molar refractivity (Wildman–Crippen MR) is 98.1 cm³/mol. The zero-order chi connectivity index (χ0) is 17.5. The molecule has 0 aliphatic rings. The second kappa shape index (κ2) is 8.70. The Hall–Kier alpha value is -2.05. The van der Waals surface area contributed by atoms with Gasteiger partial charge in [-0.25, -0.2) is 4.79 Å². The summed E-state index contributed by atoms with van der Waals surface area (Å²) >= 11 is 1.63. The van der Waals surface area contributed by atoms with Crippen LogP contribution in [0.2, 0.25) is 0 Å². The predicted octanol–water partition coefficient (Wildman–Crippen LogP) is 3.35. The summed E-state index contributed by atoms with van der Waals surface area (Å²) in [6.45, 7) is 4.35. The topological polar surface area (TPSA) is 70.6 Å². The fourth-order valence-electron chi connectivity index (χ4n) is 2.70. The molecule has 0 unspecified atom stereocenters. The zero-order valence-corrected chi connectivity index (χ0v) is 15.1. The highest BCUT2D eigenvalue weighted by molar-refractivity contribution is 7.07. The smallest absolute Gasteiger partial charge is 0.319 e. The third-order valence-corrected chi connectivity index (χ3v) is 4.57. The number of amides is 2. The van der Waals surface area contributed by atoms with Gasteiger partial charge in [0, 0.05) is 24.8 Å². The van der Waals surface area contributed by atoms with Crippen LogP contribution in [0.3, 0.4) is 0 Å². The lowest BCUT2D eigenvalue weighted by atomic mass is 10.0. The largest absolute Gasteiger partial charge is 0.496 e. The lowest BCUT2D eigenvalue weighted by molar-refractivity contribution is 0.218. The van der Waals surface area contributed by atoms with Crippen LogP contribution >= 0.6 is 11.3 Å². The van der Waals surface area contributed by atoms with Crippen molar-refractivity contribution >= 4 is 23.1 Å². The molecular weight excluding hydrogens is 324 g/mol. The van der Waals surface area contributed by atoms with Gasteiger partial charge in [-0.2, -0.15) is 11.3 Å². The molecule has 0 aliphatic heterocycles. The Morgan fingerprint density at radius 1 is 1.33 bits per heavy atom. The van der Waals surface area contributed by atoms with Gasteiger partial charge < -0.3 is 20.5 Å². The van der Waals surface area contributed by atoms with Crippen molar-refractivity contribution in [3.05, 3.63) is 45.6 Å². The number of hydrogen-bond donors (Lipinski definition) is 3. The summed E-state index contributed by atoms with van der Waals surface area (Å²) < 4.78 is 5.32. The Labute approximate surface area is 146 Å². The molecule has 0 saturated carbocycles. The molecule has 3 N–H and O–H groups in total. The van der Waals surface area contributed by atoms with Crippen LogP contribution in [0.4, 0.5) is 10.5 Å². The molecule has 0 fully saturated rings. The lowest BCUT2D eigenvalue weighted by Gasteiger charge is -2.16. The number of aryl methyl sites for hydroxylation is 2. The van der Waals surface area contributed by atoms with Crippen molar-refractivity contribution in [2.75, 3.05) is 25.6 Å². The summed E-state index contributed by atoms with van der Waals surface area (Å²) in [6, 6.07) is 5.51. The first kappa shape index (κ1) is 18.3. The van der Waals surface area contributed by atoms with E-state index in [1.165, 1.54) is 5.56 Å². The van der Waals surface area contributed by atoms with E-state index in [1.54, 1.807) is 18.4 Å². The Morgan fingerprint density at radius 2 is 2.04 bits per heavy atom. The van der Waals surface area contributed by atoms with E-state index in [1.807, 2.05) is 37.4 Å². The quantitative estimate of drug-likeness (QED) is 0.719. The third kappa shape index (κ3) is 4.97. The van der Waals surface area contributed by atoms with Crippen molar-refractivity contribution in [3.8, 4) is 5.75 Å². The van der Waals surface area contributed by atoms with Gasteiger partial charge in [0.1, 0.15) is 5.75 Å². The maximum Gasteiger partial charge on any atom is 0.319 e. The maximum atomic E-state index is 12.1. The minimum Gasteiger partial charge on any atom is -0.496 e. The van der Waals surface area contributed by atoms with E-state index in [-0.39, 0.29) is 18.6 Å². The Morgan fingerprint density at radius 3 is 2.58 bits per heavy atom. The highest BCUT2D eigenvalue weighted by Crippen LogP contribution is 2.26. The van der Waals surface area contributed by atoms with Crippen LogP contribution in [-0.2, 0) is 6.42 Å². The van der Waals surface area contributed by atoms with E-state index in [9.17, 15) is 9.90 Å². The fourth-order valence-corrected chi connectivity index (χ4v) is 3.38. The summed E-state index contributed by atoms with van der Waals surface area (Å²) in [7, 11) is 1.64. The monoisotopic (exact) mass is 348 g/mol. The van der Waals surface area contributed by atoms with Crippen molar-refractivity contribution in [1.82, 2.24) is 5.32 Å². The van der Waals surface area contributed by atoms with Gasteiger partial charge in [-0.3, -0.25) is 0 Å². The van der Waals surface area contributed by atoms with Crippen LogP contribution in [0.1, 0.15) is 16.7 Å². The van der Waals surface area contributed by atoms with Gasteiger partial charge >= 0.3 is 6.03 Å². The molecule has 0 radical (unpaired) electrons. The van der Waals surface area contributed by atoms with Crippen molar-refractivity contribution in [2.45, 2.75) is 20.3 Å². The minimum atomic E-state index is -0.275. The number of carbonyl (C=O) groups excluding carboxylic acids is 1. The first-order chi connectivity index (χ1) is 11.5. The molecule has 5 nitrogen and oxygen atoms in total. The lowest BCUT2D eigenvalue weighted by Crippen LogP contribution is -2.35. The first-order valence-electron chi connectivity index (χ1n) is 7.85. The number of nitrogens with one attached hydrogen (secondary N) is 2. The molecule has 0 aliphatic carbocycles. The number of hydrogen-bond acceptors (Lipinski definition) is 4. The van der Waals surface area contributed by atoms with Gasteiger partial charge in [-0.15, -0.1) is 0 Å². The summed E-state index contributed by atoms with van der Waals surface area (Å²) in [4.78, 5) is 12.1. The van der Waals surface area contributed by atoms with Gasteiger partial charge in [-0.05, 0) is 65.9 Å². The van der Waals surface area contributed by atoms with E-state index >= 15 is 0 Å². The molecule has 1 heterocycles. The maximum absolute atomic E-state index is 12.1. The second-order valence-electron chi connectivity index (χ2n) is 5.86. The van der Waals surface area contributed by atoms with Crippen LogP contribution in [-0.4, -0.2) is 31.4 Å². The molecule has 1 aromatic heterocycles. The van der Waals surface area contributed by atoms with Crippen molar-refractivity contribution in [1.29, 1.82) is 0 Å². The number of rotatable bonds is 7. The summed E-state index contributed by atoms with van der Waals surface area (Å²) in [6.07, 6.45) is 0.751. The molecule has 6 heteroatoms. The summed E-state index contributed by atoms with van der Waals surface area (Å²) in [5.41, 5.74) is 3.85. The molecule has 0 spiro atoms. The summed E-state index contributed by atoms with van der Waals surface area (Å²) in [5, 5.41) is 19.2. The van der Waals surface area contributed by atoms with Gasteiger partial charge in [0.15, 0.2) is 0 Å². The SMILES string of the molecule is COc1c(C)cc(NC(=O)NC[C@@H](CO)Cc2ccsc2)cc1C. The number of benzene rings is 1. The molecule has 130 valence electrons. The van der Waals surface area contributed by atoms with Gasteiger partial charge in [0.05, 0.1) is 7.11 Å². The second-order valence-corrected chi connectivity index (χ2v) is 6.64. The number of ether oxygens (including phenoxy) is 1. The summed E-state index contributed by atoms with van der Waals surface area (Å²) in [5.74, 6) is 0.835. The minimum absolute atomic E-state index is 0.00434. The highest BCUT2D eigenvalue weighted by atomic mass is 32.1. The number of thiophene rings is 1. The molecule has 2 rings (SSSR count). The standard InChI is InChI=1S/C18H24N2O3S/c1-12-6-16(7-13(2)17(12)23-3)20-18(22)19-9-15(10-21)8-14-4-5-24-11-14/h4-7,11,15,21H,8-10H2,1-3H3,(H2,19,20,22)/t15-/m0/s1. The zero-order valence-electron chi connectivity index (χ0n) is 14.3. The first-order valence-corrected chi connectivity index (χ1v) is 8.79.